The van der Waals surface area contributed by atoms with Crippen molar-refractivity contribution in [2.45, 2.75) is 122 Å². The van der Waals surface area contributed by atoms with Gasteiger partial charge in [0.1, 0.15) is 0 Å². The van der Waals surface area contributed by atoms with Crippen LogP contribution in [0.1, 0.15) is 116 Å². The maximum Gasteiger partial charge on any atom is 0.303 e. The molecule has 0 rings (SSSR count). The molecular weight excluding hydrogens is 288 g/mol. The second-order valence-electron chi connectivity index (χ2n) is 6.97. The van der Waals surface area contributed by atoms with E-state index in [0.717, 1.165) is 12.8 Å². The van der Waals surface area contributed by atoms with Crippen LogP contribution < -0.4 is 0 Å². The van der Waals surface area contributed by atoms with Crippen LogP contribution in [-0.4, -0.2) is 22.3 Å². The molecule has 0 bridgehead atoms. The van der Waals surface area contributed by atoms with Crippen LogP contribution in [0, 0.1) is 0 Å². The zero-order valence-electron chi connectivity index (χ0n) is 15.4. The first-order valence-electron chi connectivity index (χ1n) is 10.1. The first-order chi connectivity index (χ1) is 11.2. The Labute approximate surface area is 143 Å². The van der Waals surface area contributed by atoms with E-state index in [1.165, 1.54) is 77.0 Å². The zero-order chi connectivity index (χ0) is 17.2. The third-order valence-corrected chi connectivity index (χ3v) is 4.57. The molecule has 0 aromatic carbocycles. The number of carboxylic acids is 1. The van der Waals surface area contributed by atoms with Crippen molar-refractivity contribution < 1.29 is 15.0 Å². The minimum atomic E-state index is -0.766. The Morgan fingerprint density at radius 2 is 1.09 bits per heavy atom. The molecule has 138 valence electrons. The topological polar surface area (TPSA) is 57.5 Å². The molecular formula is C20H40O3. The lowest BCUT2D eigenvalue weighted by atomic mass is 10.0. The minimum absolute atomic E-state index is 0.176. The summed E-state index contributed by atoms with van der Waals surface area (Å²) in [6.45, 7) is 2.26. The van der Waals surface area contributed by atoms with Crippen molar-refractivity contribution in [3.8, 4) is 0 Å². The summed E-state index contributed by atoms with van der Waals surface area (Å²) < 4.78 is 0. The Bertz CT molecular complexity index is 253. The number of carboxylic acid groups (broad SMARTS) is 1. The number of unbranched alkanes of at least 4 members (excludes halogenated alkanes) is 12. The number of rotatable bonds is 18. The SMILES string of the molecule is CCCCCCCCCCCCCCCC(O)CCCC(=O)O. The summed E-state index contributed by atoms with van der Waals surface area (Å²) in [6, 6.07) is 0. The monoisotopic (exact) mass is 328 g/mol. The van der Waals surface area contributed by atoms with E-state index in [0.29, 0.717) is 12.8 Å². The maximum absolute atomic E-state index is 10.4. The van der Waals surface area contributed by atoms with Gasteiger partial charge >= 0.3 is 5.97 Å². The van der Waals surface area contributed by atoms with Crippen molar-refractivity contribution in [3.05, 3.63) is 0 Å². The van der Waals surface area contributed by atoms with Crippen LogP contribution in [0.2, 0.25) is 0 Å². The molecule has 0 heterocycles. The summed E-state index contributed by atoms with van der Waals surface area (Å²) >= 11 is 0. The summed E-state index contributed by atoms with van der Waals surface area (Å²) in [6.07, 6.45) is 19.3. The van der Waals surface area contributed by atoms with Crippen molar-refractivity contribution in [2.24, 2.45) is 0 Å². The molecule has 23 heavy (non-hydrogen) atoms. The number of aliphatic hydroxyl groups excluding tert-OH is 1. The fourth-order valence-electron chi connectivity index (χ4n) is 3.03. The fraction of sp³-hybridized carbons (Fsp3) is 0.950. The second-order valence-corrected chi connectivity index (χ2v) is 6.97. The molecule has 0 spiro atoms. The maximum atomic E-state index is 10.4. The highest BCUT2D eigenvalue weighted by Gasteiger charge is 2.05. The average molecular weight is 329 g/mol. The van der Waals surface area contributed by atoms with E-state index in [2.05, 4.69) is 6.92 Å². The molecule has 1 atom stereocenters. The normalized spacial score (nSPS) is 12.4. The highest BCUT2D eigenvalue weighted by atomic mass is 16.4. The number of hydrogen-bond donors (Lipinski definition) is 2. The van der Waals surface area contributed by atoms with Crippen LogP contribution >= 0.6 is 0 Å². The van der Waals surface area contributed by atoms with E-state index in [1.807, 2.05) is 0 Å². The third-order valence-electron chi connectivity index (χ3n) is 4.57. The number of aliphatic carboxylic acids is 1. The Kier molecular flexibility index (Phi) is 17.3. The lowest BCUT2D eigenvalue weighted by molar-refractivity contribution is -0.137. The average Bonchev–Trinajstić information content (AvgIpc) is 2.51. The van der Waals surface area contributed by atoms with Crippen LogP contribution in [-0.2, 0) is 4.79 Å². The molecule has 0 saturated carbocycles. The van der Waals surface area contributed by atoms with Crippen molar-refractivity contribution in [1.29, 1.82) is 0 Å². The van der Waals surface area contributed by atoms with Crippen LogP contribution in [0.3, 0.4) is 0 Å². The van der Waals surface area contributed by atoms with Crippen molar-refractivity contribution in [2.75, 3.05) is 0 Å². The Balaban J connectivity index is 3.11. The summed E-state index contributed by atoms with van der Waals surface area (Å²) in [5.41, 5.74) is 0. The van der Waals surface area contributed by atoms with Gasteiger partial charge in [0.05, 0.1) is 6.10 Å². The van der Waals surface area contributed by atoms with E-state index in [-0.39, 0.29) is 12.5 Å². The summed E-state index contributed by atoms with van der Waals surface area (Å²) in [4.78, 5) is 10.4. The lowest BCUT2D eigenvalue weighted by Gasteiger charge is -2.09. The second kappa shape index (κ2) is 17.8. The van der Waals surface area contributed by atoms with Crippen LogP contribution in [0.5, 0.6) is 0 Å². The Morgan fingerprint density at radius 3 is 1.52 bits per heavy atom. The molecule has 0 amide bonds. The van der Waals surface area contributed by atoms with Gasteiger partial charge in [-0.15, -0.1) is 0 Å². The molecule has 0 aromatic rings. The number of hydrogen-bond acceptors (Lipinski definition) is 2. The summed E-state index contributed by atoms with van der Waals surface area (Å²) in [7, 11) is 0. The van der Waals surface area contributed by atoms with Gasteiger partial charge in [-0.25, -0.2) is 0 Å². The zero-order valence-corrected chi connectivity index (χ0v) is 15.4. The highest BCUT2D eigenvalue weighted by molar-refractivity contribution is 5.66. The predicted octanol–water partition coefficient (Wildman–Crippen LogP) is 6.08. The van der Waals surface area contributed by atoms with Crippen molar-refractivity contribution in [1.82, 2.24) is 0 Å². The molecule has 0 radical (unpaired) electrons. The van der Waals surface area contributed by atoms with Gasteiger partial charge in [-0.1, -0.05) is 90.4 Å². The van der Waals surface area contributed by atoms with E-state index in [1.54, 1.807) is 0 Å². The largest absolute Gasteiger partial charge is 0.481 e. The van der Waals surface area contributed by atoms with E-state index >= 15 is 0 Å². The quantitative estimate of drug-likeness (QED) is 0.300. The number of carbonyl (C=O) groups is 1. The molecule has 0 saturated heterocycles. The molecule has 0 aliphatic rings. The van der Waals surface area contributed by atoms with Crippen molar-refractivity contribution >= 4 is 5.97 Å². The fourth-order valence-corrected chi connectivity index (χ4v) is 3.03. The van der Waals surface area contributed by atoms with Crippen molar-refractivity contribution in [3.63, 3.8) is 0 Å². The lowest BCUT2D eigenvalue weighted by Crippen LogP contribution is -2.07. The van der Waals surface area contributed by atoms with Gasteiger partial charge in [0.2, 0.25) is 0 Å². The van der Waals surface area contributed by atoms with E-state index in [4.69, 9.17) is 5.11 Å². The molecule has 3 heteroatoms. The van der Waals surface area contributed by atoms with Gasteiger partial charge in [0, 0.05) is 6.42 Å². The molecule has 0 aromatic heterocycles. The predicted molar refractivity (Wildman–Crippen MR) is 97.8 cm³/mol. The Morgan fingerprint density at radius 1 is 0.696 bits per heavy atom. The highest BCUT2D eigenvalue weighted by Crippen LogP contribution is 2.14. The standard InChI is InChI=1S/C20H40O3/c1-2-3-4-5-6-7-8-9-10-11-12-13-14-16-19(21)17-15-18-20(22)23/h19,21H,2-18H2,1H3,(H,22,23). The molecule has 0 aliphatic heterocycles. The molecule has 0 fully saturated rings. The van der Waals surface area contributed by atoms with E-state index in [9.17, 15) is 9.90 Å². The van der Waals surface area contributed by atoms with Gasteiger partial charge < -0.3 is 10.2 Å². The molecule has 2 N–H and O–H groups in total. The summed E-state index contributed by atoms with van der Waals surface area (Å²) in [5, 5.41) is 18.3. The third kappa shape index (κ3) is 19.4. The Hall–Kier alpha value is -0.570. The first kappa shape index (κ1) is 22.4. The smallest absolute Gasteiger partial charge is 0.303 e. The first-order valence-corrected chi connectivity index (χ1v) is 10.1. The number of aliphatic hydroxyl groups is 1. The van der Waals surface area contributed by atoms with Crippen LogP contribution in [0.4, 0.5) is 0 Å². The minimum Gasteiger partial charge on any atom is -0.481 e. The molecule has 0 aliphatic carbocycles. The molecule has 1 unspecified atom stereocenters. The van der Waals surface area contributed by atoms with Crippen LogP contribution in [0.25, 0.3) is 0 Å². The molecule has 3 nitrogen and oxygen atoms in total. The summed E-state index contributed by atoms with van der Waals surface area (Å²) in [5.74, 6) is -0.766. The van der Waals surface area contributed by atoms with E-state index < -0.39 is 5.97 Å². The van der Waals surface area contributed by atoms with Gasteiger partial charge in [-0.2, -0.15) is 0 Å². The van der Waals surface area contributed by atoms with Gasteiger partial charge in [-0.05, 0) is 19.3 Å². The van der Waals surface area contributed by atoms with Gasteiger partial charge in [0.15, 0.2) is 0 Å². The van der Waals surface area contributed by atoms with Crippen LogP contribution in [0.15, 0.2) is 0 Å². The van der Waals surface area contributed by atoms with Gasteiger partial charge in [-0.3, -0.25) is 4.79 Å². The van der Waals surface area contributed by atoms with Gasteiger partial charge in [0.25, 0.3) is 0 Å².